The van der Waals surface area contributed by atoms with E-state index in [1.165, 1.54) is 17.8 Å². The van der Waals surface area contributed by atoms with E-state index in [2.05, 4.69) is 4.98 Å². The van der Waals surface area contributed by atoms with Crippen LogP contribution in [0.2, 0.25) is 0 Å². The minimum atomic E-state index is -0.471. The largest absolute Gasteiger partial charge is 0.497 e. The van der Waals surface area contributed by atoms with Crippen LogP contribution in [0.1, 0.15) is 19.4 Å². The lowest BCUT2D eigenvalue weighted by molar-refractivity contribution is -0.141. The van der Waals surface area contributed by atoms with Crippen molar-refractivity contribution in [2.45, 2.75) is 33.5 Å². The summed E-state index contributed by atoms with van der Waals surface area (Å²) in [6.45, 7) is 3.83. The first-order valence-corrected chi connectivity index (χ1v) is 8.91. The number of ether oxygens (including phenoxy) is 2. The average Bonchev–Trinajstić information content (AvgIpc) is 3.09. The lowest BCUT2D eigenvalue weighted by Gasteiger charge is -2.11. The van der Waals surface area contributed by atoms with Gasteiger partial charge < -0.3 is 14.0 Å². The van der Waals surface area contributed by atoms with Crippen molar-refractivity contribution >= 4 is 17.1 Å². The summed E-state index contributed by atoms with van der Waals surface area (Å²) in [4.78, 5) is 40.9. The maximum absolute atomic E-state index is 12.9. The Labute approximate surface area is 160 Å². The number of fused-ring (bicyclic) bond motifs is 1. The molecule has 0 atom stereocenters. The highest BCUT2D eigenvalue weighted by atomic mass is 16.5. The molecule has 9 heteroatoms. The van der Waals surface area contributed by atoms with Crippen LogP contribution < -0.4 is 16.0 Å². The van der Waals surface area contributed by atoms with Gasteiger partial charge in [-0.2, -0.15) is 0 Å². The Bertz CT molecular complexity index is 1110. The molecule has 2 heterocycles. The van der Waals surface area contributed by atoms with Crippen molar-refractivity contribution in [1.82, 2.24) is 18.7 Å². The Morgan fingerprint density at radius 2 is 1.86 bits per heavy atom. The van der Waals surface area contributed by atoms with Crippen molar-refractivity contribution in [3.8, 4) is 5.75 Å². The van der Waals surface area contributed by atoms with Gasteiger partial charge in [-0.3, -0.25) is 18.7 Å². The van der Waals surface area contributed by atoms with Crippen LogP contribution in [-0.4, -0.2) is 38.4 Å². The molecule has 0 unspecified atom stereocenters. The van der Waals surface area contributed by atoms with E-state index in [1.807, 2.05) is 24.3 Å². The van der Waals surface area contributed by atoms with Crippen molar-refractivity contribution in [1.29, 1.82) is 0 Å². The van der Waals surface area contributed by atoms with E-state index in [0.717, 1.165) is 15.9 Å². The van der Waals surface area contributed by atoms with Gasteiger partial charge in [-0.15, -0.1) is 0 Å². The molecule has 0 saturated carbocycles. The van der Waals surface area contributed by atoms with Gasteiger partial charge in [0.1, 0.15) is 12.4 Å². The topological polar surface area (TPSA) is 97.3 Å². The smallest absolute Gasteiger partial charge is 0.332 e. The summed E-state index contributed by atoms with van der Waals surface area (Å²) in [5.74, 6) is 0.310. The highest BCUT2D eigenvalue weighted by Gasteiger charge is 2.17. The molecule has 9 nitrogen and oxygen atoms in total. The summed E-state index contributed by atoms with van der Waals surface area (Å²) in [6, 6.07) is 7.49. The zero-order chi connectivity index (χ0) is 20.3. The molecular weight excluding hydrogens is 364 g/mol. The first-order chi connectivity index (χ1) is 13.5. The van der Waals surface area contributed by atoms with Crippen LogP contribution in [0.15, 0.2) is 40.2 Å². The Kier molecular flexibility index (Phi) is 5.62. The maximum atomic E-state index is 12.9. The van der Waals surface area contributed by atoms with Crippen LogP contribution in [0.5, 0.6) is 5.75 Å². The fourth-order valence-electron chi connectivity index (χ4n) is 3.05. The van der Waals surface area contributed by atoms with E-state index in [0.29, 0.717) is 12.1 Å². The third-order valence-electron chi connectivity index (χ3n) is 4.43. The molecule has 3 aromatic rings. The third-order valence-corrected chi connectivity index (χ3v) is 4.43. The maximum Gasteiger partial charge on any atom is 0.332 e. The molecule has 0 N–H and O–H groups in total. The molecule has 3 rings (SSSR count). The van der Waals surface area contributed by atoms with Crippen LogP contribution in [0.4, 0.5) is 0 Å². The number of hydrogen-bond donors (Lipinski definition) is 0. The molecule has 0 radical (unpaired) electrons. The summed E-state index contributed by atoms with van der Waals surface area (Å²) in [6.07, 6.45) is 1.54. The zero-order valence-electron chi connectivity index (χ0n) is 16.0. The Balaban J connectivity index is 2.06. The van der Waals surface area contributed by atoms with Crippen molar-refractivity contribution < 1.29 is 14.3 Å². The standard InChI is InChI=1S/C19H22N4O5/c1-4-22-18(25)16-17(23(19(22)26)9-10-28-13(2)24)20-12-21(16)11-14-5-7-15(27-3)8-6-14/h5-8,12H,4,9-11H2,1-3H3. The van der Waals surface area contributed by atoms with Gasteiger partial charge in [0, 0.05) is 20.0 Å². The second-order valence-corrected chi connectivity index (χ2v) is 6.22. The van der Waals surface area contributed by atoms with E-state index in [4.69, 9.17) is 9.47 Å². The summed E-state index contributed by atoms with van der Waals surface area (Å²) < 4.78 is 14.3. The van der Waals surface area contributed by atoms with Crippen LogP contribution in [0, 0.1) is 0 Å². The van der Waals surface area contributed by atoms with Crippen molar-refractivity contribution in [2.75, 3.05) is 13.7 Å². The molecule has 28 heavy (non-hydrogen) atoms. The van der Waals surface area contributed by atoms with Crippen LogP contribution in [-0.2, 0) is 29.2 Å². The number of rotatable bonds is 7. The Hall–Kier alpha value is -3.36. The molecule has 1 aromatic carbocycles. The number of carbonyl (C=O) groups is 1. The molecule has 0 aliphatic carbocycles. The number of methoxy groups -OCH3 is 1. The summed E-state index contributed by atoms with van der Waals surface area (Å²) in [7, 11) is 1.60. The van der Waals surface area contributed by atoms with E-state index in [1.54, 1.807) is 18.6 Å². The number of hydrogen-bond acceptors (Lipinski definition) is 6. The summed E-state index contributed by atoms with van der Waals surface area (Å²) in [5, 5.41) is 0. The van der Waals surface area contributed by atoms with Gasteiger partial charge in [0.15, 0.2) is 11.2 Å². The molecule has 0 fully saturated rings. The number of esters is 1. The molecular formula is C19H22N4O5. The average molecular weight is 386 g/mol. The number of aromatic nitrogens is 4. The normalized spacial score (nSPS) is 11.0. The lowest BCUT2D eigenvalue weighted by atomic mass is 10.2. The van der Waals surface area contributed by atoms with Crippen LogP contribution >= 0.6 is 0 Å². The quantitative estimate of drug-likeness (QED) is 0.562. The minimum absolute atomic E-state index is 0.0254. The second kappa shape index (κ2) is 8.12. The number of imidazole rings is 1. The molecule has 0 aliphatic rings. The predicted molar refractivity (Wildman–Crippen MR) is 103 cm³/mol. The molecule has 0 amide bonds. The van der Waals surface area contributed by atoms with Crippen molar-refractivity contribution in [3.05, 3.63) is 57.0 Å². The third kappa shape index (κ3) is 3.68. The number of carbonyl (C=O) groups excluding carboxylic acids is 1. The Morgan fingerprint density at radius 3 is 2.46 bits per heavy atom. The first-order valence-electron chi connectivity index (χ1n) is 8.91. The van der Waals surface area contributed by atoms with E-state index >= 15 is 0 Å². The monoisotopic (exact) mass is 386 g/mol. The molecule has 148 valence electrons. The van der Waals surface area contributed by atoms with Crippen molar-refractivity contribution in [3.63, 3.8) is 0 Å². The van der Waals surface area contributed by atoms with E-state index in [9.17, 15) is 14.4 Å². The van der Waals surface area contributed by atoms with E-state index < -0.39 is 17.2 Å². The first kappa shape index (κ1) is 19.4. The zero-order valence-corrected chi connectivity index (χ0v) is 16.0. The van der Waals surface area contributed by atoms with Gasteiger partial charge >= 0.3 is 11.7 Å². The fourth-order valence-corrected chi connectivity index (χ4v) is 3.05. The van der Waals surface area contributed by atoms with Gasteiger partial charge in [-0.1, -0.05) is 12.1 Å². The van der Waals surface area contributed by atoms with Gasteiger partial charge in [0.2, 0.25) is 0 Å². The second-order valence-electron chi connectivity index (χ2n) is 6.22. The van der Waals surface area contributed by atoms with Crippen LogP contribution in [0.3, 0.4) is 0 Å². The molecule has 0 bridgehead atoms. The van der Waals surface area contributed by atoms with Crippen LogP contribution in [0.25, 0.3) is 11.2 Å². The molecule has 0 aliphatic heterocycles. The van der Waals surface area contributed by atoms with Gasteiger partial charge in [0.05, 0.1) is 20.0 Å². The highest BCUT2D eigenvalue weighted by Crippen LogP contribution is 2.14. The van der Waals surface area contributed by atoms with E-state index in [-0.39, 0.29) is 25.3 Å². The Morgan fingerprint density at radius 1 is 1.14 bits per heavy atom. The summed E-state index contributed by atoms with van der Waals surface area (Å²) in [5.41, 5.74) is 0.708. The SMILES string of the molecule is CCn1c(=O)c2c(ncn2Cc2ccc(OC)cc2)n(CCOC(C)=O)c1=O. The molecule has 0 saturated heterocycles. The minimum Gasteiger partial charge on any atom is -0.497 e. The predicted octanol–water partition coefficient (Wildman–Crippen LogP) is 1.000. The van der Waals surface area contributed by atoms with Crippen molar-refractivity contribution in [2.24, 2.45) is 0 Å². The summed E-state index contributed by atoms with van der Waals surface area (Å²) >= 11 is 0. The molecule has 2 aromatic heterocycles. The van der Waals surface area contributed by atoms with Gasteiger partial charge in [0.25, 0.3) is 5.56 Å². The molecule has 0 spiro atoms. The number of benzene rings is 1. The van der Waals surface area contributed by atoms with Gasteiger partial charge in [-0.25, -0.2) is 9.78 Å². The lowest BCUT2D eigenvalue weighted by Crippen LogP contribution is -2.40. The highest BCUT2D eigenvalue weighted by molar-refractivity contribution is 5.70. The number of nitrogens with zero attached hydrogens (tertiary/aromatic N) is 4. The fraction of sp³-hybridized carbons (Fsp3) is 0.368. The van der Waals surface area contributed by atoms with Gasteiger partial charge in [-0.05, 0) is 24.6 Å².